The lowest BCUT2D eigenvalue weighted by molar-refractivity contribution is -0.129. The summed E-state index contributed by atoms with van der Waals surface area (Å²) in [5, 5.41) is 0. The van der Waals surface area contributed by atoms with Gasteiger partial charge in [-0.15, -0.1) is 0 Å². The van der Waals surface area contributed by atoms with Gasteiger partial charge in [-0.3, -0.25) is 4.79 Å². The van der Waals surface area contributed by atoms with Crippen LogP contribution in [-0.4, -0.2) is 11.9 Å². The van der Waals surface area contributed by atoms with Crippen molar-refractivity contribution in [3.63, 3.8) is 0 Å². The third-order valence-electron chi connectivity index (χ3n) is 2.75. The SMILES string of the molecule is O=C(CCc1ccccc1)NOC(=O)c1ccccc1. The Morgan fingerprint density at radius 2 is 1.50 bits per heavy atom. The van der Waals surface area contributed by atoms with Crippen LogP contribution in [0.4, 0.5) is 0 Å². The average Bonchev–Trinajstić information content (AvgIpc) is 2.52. The molecule has 0 aromatic heterocycles. The first-order valence-corrected chi connectivity index (χ1v) is 6.34. The van der Waals surface area contributed by atoms with E-state index in [0.29, 0.717) is 12.0 Å². The van der Waals surface area contributed by atoms with Crippen molar-refractivity contribution in [3.8, 4) is 0 Å². The van der Waals surface area contributed by atoms with Crippen molar-refractivity contribution in [2.45, 2.75) is 12.8 Å². The second-order valence-corrected chi connectivity index (χ2v) is 4.27. The Kier molecular flexibility index (Phi) is 4.89. The molecule has 2 rings (SSSR count). The van der Waals surface area contributed by atoms with Crippen molar-refractivity contribution in [2.75, 3.05) is 0 Å². The van der Waals surface area contributed by atoms with E-state index in [2.05, 4.69) is 5.48 Å². The highest BCUT2D eigenvalue weighted by Gasteiger charge is 2.09. The van der Waals surface area contributed by atoms with E-state index in [1.54, 1.807) is 30.3 Å². The van der Waals surface area contributed by atoms with E-state index in [4.69, 9.17) is 4.84 Å². The van der Waals surface area contributed by atoms with Crippen LogP contribution < -0.4 is 5.48 Å². The van der Waals surface area contributed by atoms with Gasteiger partial charge in [0.2, 0.25) is 0 Å². The van der Waals surface area contributed by atoms with Gasteiger partial charge in [-0.1, -0.05) is 48.5 Å². The summed E-state index contributed by atoms with van der Waals surface area (Å²) in [6.07, 6.45) is 0.877. The maximum atomic E-state index is 11.6. The molecule has 2 aromatic rings. The van der Waals surface area contributed by atoms with Crippen LogP contribution in [0.5, 0.6) is 0 Å². The van der Waals surface area contributed by atoms with E-state index < -0.39 is 5.97 Å². The van der Waals surface area contributed by atoms with Gasteiger partial charge in [-0.2, -0.15) is 5.48 Å². The zero-order valence-corrected chi connectivity index (χ0v) is 10.9. The average molecular weight is 269 g/mol. The second kappa shape index (κ2) is 7.09. The highest BCUT2D eigenvalue weighted by atomic mass is 16.7. The Morgan fingerprint density at radius 3 is 2.15 bits per heavy atom. The largest absolute Gasteiger partial charge is 0.362 e. The first-order chi connectivity index (χ1) is 9.75. The molecule has 1 amide bonds. The monoisotopic (exact) mass is 269 g/mol. The molecule has 0 saturated heterocycles. The summed E-state index contributed by atoms with van der Waals surface area (Å²) >= 11 is 0. The third kappa shape index (κ3) is 4.24. The molecular weight excluding hydrogens is 254 g/mol. The van der Waals surface area contributed by atoms with Crippen molar-refractivity contribution in [3.05, 3.63) is 71.8 Å². The molecule has 0 spiro atoms. The summed E-state index contributed by atoms with van der Waals surface area (Å²) < 4.78 is 0. The molecule has 4 nitrogen and oxygen atoms in total. The second-order valence-electron chi connectivity index (χ2n) is 4.27. The Labute approximate surface area is 117 Å². The van der Waals surface area contributed by atoms with Crippen molar-refractivity contribution >= 4 is 11.9 Å². The van der Waals surface area contributed by atoms with E-state index >= 15 is 0 Å². The molecule has 1 N–H and O–H groups in total. The molecule has 0 fully saturated rings. The lowest BCUT2D eigenvalue weighted by Gasteiger charge is -2.05. The highest BCUT2D eigenvalue weighted by Crippen LogP contribution is 2.03. The molecule has 102 valence electrons. The molecule has 0 atom stereocenters. The number of amides is 1. The fourth-order valence-electron chi connectivity index (χ4n) is 1.69. The molecule has 2 aromatic carbocycles. The van der Waals surface area contributed by atoms with E-state index in [1.807, 2.05) is 30.3 Å². The van der Waals surface area contributed by atoms with Gasteiger partial charge in [0.15, 0.2) is 0 Å². The van der Waals surface area contributed by atoms with Crippen molar-refractivity contribution in [1.29, 1.82) is 0 Å². The van der Waals surface area contributed by atoms with Crippen molar-refractivity contribution in [2.24, 2.45) is 0 Å². The minimum absolute atomic E-state index is 0.270. The van der Waals surface area contributed by atoms with Gasteiger partial charge in [0, 0.05) is 6.42 Å². The van der Waals surface area contributed by atoms with Crippen LogP contribution >= 0.6 is 0 Å². The van der Waals surface area contributed by atoms with Crippen LogP contribution in [-0.2, 0) is 16.1 Å². The Hall–Kier alpha value is -2.62. The number of aryl methyl sites for hydroxylation is 1. The van der Waals surface area contributed by atoms with Gasteiger partial charge in [0.1, 0.15) is 0 Å². The lowest BCUT2D eigenvalue weighted by atomic mass is 10.1. The summed E-state index contributed by atoms with van der Waals surface area (Å²) in [6.45, 7) is 0. The lowest BCUT2D eigenvalue weighted by Crippen LogP contribution is -2.27. The smallest absolute Gasteiger partial charge is 0.335 e. The summed E-state index contributed by atoms with van der Waals surface area (Å²) in [5.74, 6) is -0.892. The van der Waals surface area contributed by atoms with E-state index in [1.165, 1.54) is 0 Å². The Balaban J connectivity index is 1.74. The third-order valence-corrected chi connectivity index (χ3v) is 2.75. The number of benzene rings is 2. The maximum Gasteiger partial charge on any atom is 0.362 e. The molecule has 0 aliphatic carbocycles. The minimum Gasteiger partial charge on any atom is -0.335 e. The van der Waals surface area contributed by atoms with Gasteiger partial charge in [0.25, 0.3) is 5.91 Å². The molecule has 0 heterocycles. The van der Waals surface area contributed by atoms with E-state index in [0.717, 1.165) is 5.56 Å². The van der Waals surface area contributed by atoms with Gasteiger partial charge < -0.3 is 4.84 Å². The molecule has 0 unspecified atom stereocenters. The Morgan fingerprint density at radius 1 is 0.900 bits per heavy atom. The van der Waals surface area contributed by atoms with Gasteiger partial charge in [-0.05, 0) is 24.1 Å². The first kappa shape index (κ1) is 13.8. The molecule has 0 radical (unpaired) electrons. The number of rotatable bonds is 4. The maximum absolute atomic E-state index is 11.6. The summed E-state index contributed by atoms with van der Waals surface area (Å²) in [7, 11) is 0. The van der Waals surface area contributed by atoms with E-state index in [-0.39, 0.29) is 12.3 Å². The Bertz CT molecular complexity index is 567. The summed E-state index contributed by atoms with van der Waals surface area (Å²) in [5.41, 5.74) is 3.63. The highest BCUT2D eigenvalue weighted by molar-refractivity contribution is 5.90. The van der Waals surface area contributed by atoms with Gasteiger partial charge in [0.05, 0.1) is 5.56 Å². The molecule has 0 aliphatic rings. The quantitative estimate of drug-likeness (QED) is 0.868. The number of carbonyl (C=O) groups excluding carboxylic acids is 2. The number of hydrogen-bond donors (Lipinski definition) is 1. The summed E-state index contributed by atoms with van der Waals surface area (Å²) in [4.78, 5) is 27.9. The fourth-order valence-corrected chi connectivity index (χ4v) is 1.69. The number of nitrogens with one attached hydrogen (secondary N) is 1. The molecule has 0 aliphatic heterocycles. The van der Waals surface area contributed by atoms with E-state index in [9.17, 15) is 9.59 Å². The van der Waals surface area contributed by atoms with Crippen LogP contribution in [0, 0.1) is 0 Å². The number of hydrogen-bond acceptors (Lipinski definition) is 3. The number of carbonyl (C=O) groups is 2. The predicted molar refractivity (Wildman–Crippen MR) is 74.8 cm³/mol. The zero-order valence-electron chi connectivity index (χ0n) is 10.9. The molecule has 0 bridgehead atoms. The summed E-state index contributed by atoms with van der Waals surface area (Å²) in [6, 6.07) is 18.2. The zero-order chi connectivity index (χ0) is 14.2. The van der Waals surface area contributed by atoms with Crippen LogP contribution in [0.15, 0.2) is 60.7 Å². The van der Waals surface area contributed by atoms with Gasteiger partial charge in [-0.25, -0.2) is 4.79 Å². The normalized spacial score (nSPS) is 9.80. The molecular formula is C16H15NO3. The van der Waals surface area contributed by atoms with Crippen LogP contribution in [0.3, 0.4) is 0 Å². The number of hydroxylamine groups is 1. The van der Waals surface area contributed by atoms with Crippen LogP contribution in [0.25, 0.3) is 0 Å². The first-order valence-electron chi connectivity index (χ1n) is 6.34. The predicted octanol–water partition coefficient (Wildman–Crippen LogP) is 2.51. The minimum atomic E-state index is -0.571. The standard InChI is InChI=1S/C16H15NO3/c18-15(12-11-13-7-3-1-4-8-13)17-20-16(19)14-9-5-2-6-10-14/h1-10H,11-12H2,(H,17,18). The van der Waals surface area contributed by atoms with Crippen LogP contribution in [0.1, 0.15) is 22.3 Å². The molecule has 4 heteroatoms. The van der Waals surface area contributed by atoms with Crippen LogP contribution in [0.2, 0.25) is 0 Å². The fraction of sp³-hybridized carbons (Fsp3) is 0.125. The topological polar surface area (TPSA) is 55.4 Å². The van der Waals surface area contributed by atoms with Crippen molar-refractivity contribution < 1.29 is 14.4 Å². The molecule has 20 heavy (non-hydrogen) atoms. The molecule has 0 saturated carbocycles. The van der Waals surface area contributed by atoms with Gasteiger partial charge >= 0.3 is 5.97 Å². The van der Waals surface area contributed by atoms with Crippen molar-refractivity contribution in [1.82, 2.24) is 5.48 Å².